The fourth-order valence-electron chi connectivity index (χ4n) is 1.66. The Hall–Kier alpha value is -0.860. The third kappa shape index (κ3) is 6.74. The number of methoxy groups -OCH3 is 1. The number of hydrogen-bond donors (Lipinski definition) is 2. The molecule has 0 radical (unpaired) electrons. The van der Waals surface area contributed by atoms with Gasteiger partial charge in [-0.15, -0.1) is 0 Å². The molecule has 0 aliphatic carbocycles. The topological polar surface area (TPSA) is 71.1 Å². The van der Waals surface area contributed by atoms with Gasteiger partial charge in [-0.05, 0) is 40.3 Å². The summed E-state index contributed by atoms with van der Waals surface area (Å²) in [4.78, 5) is 2.23. The van der Waals surface area contributed by atoms with E-state index in [1.54, 1.807) is 7.11 Å². The first-order valence-electron chi connectivity index (χ1n) is 6.08. The van der Waals surface area contributed by atoms with Crippen LogP contribution in [0.15, 0.2) is 29.4 Å². The van der Waals surface area contributed by atoms with E-state index < -0.39 is 0 Å². The molecular weight excluding hydrogens is 357 g/mol. The van der Waals surface area contributed by atoms with Crippen molar-refractivity contribution < 1.29 is 9.94 Å². The van der Waals surface area contributed by atoms with Gasteiger partial charge in [0.2, 0.25) is 0 Å². The summed E-state index contributed by atoms with van der Waals surface area (Å²) in [5.74, 6) is 0.255. The van der Waals surface area contributed by atoms with Gasteiger partial charge < -0.3 is 15.7 Å². The predicted molar refractivity (Wildman–Crippen MR) is 84.3 cm³/mol. The maximum Gasteiger partial charge on any atom is 0.140 e. The van der Waals surface area contributed by atoms with E-state index in [1.165, 1.54) is 9.13 Å². The first-order valence-corrected chi connectivity index (χ1v) is 7.15. The Morgan fingerprint density at radius 2 is 2.05 bits per heavy atom. The number of rotatable bonds is 8. The molecule has 0 atom stereocenters. The Labute approximate surface area is 127 Å². The van der Waals surface area contributed by atoms with Gasteiger partial charge >= 0.3 is 0 Å². The molecule has 0 unspecified atom stereocenters. The molecule has 3 N–H and O–H groups in total. The van der Waals surface area contributed by atoms with Crippen LogP contribution in [0.2, 0.25) is 0 Å². The minimum Gasteiger partial charge on any atom is -0.409 e. The van der Waals surface area contributed by atoms with Crippen LogP contribution < -0.4 is 5.73 Å². The van der Waals surface area contributed by atoms with Gasteiger partial charge in [-0.3, -0.25) is 4.90 Å². The highest BCUT2D eigenvalue weighted by Gasteiger charge is 2.07. The largest absolute Gasteiger partial charge is 0.409 e. The van der Waals surface area contributed by atoms with Crippen LogP contribution in [0, 0.1) is 3.57 Å². The highest BCUT2D eigenvalue weighted by Crippen LogP contribution is 2.09. The maximum atomic E-state index is 8.56. The second-order valence-electron chi connectivity index (χ2n) is 4.24. The van der Waals surface area contributed by atoms with E-state index in [9.17, 15) is 0 Å². The molecule has 1 rings (SSSR count). The van der Waals surface area contributed by atoms with Crippen LogP contribution in [0.1, 0.15) is 12.0 Å². The number of ether oxygens (including phenoxy) is 1. The van der Waals surface area contributed by atoms with Crippen LogP contribution in [0.3, 0.4) is 0 Å². The standard InChI is InChI=1S/C13H20IN3O2/c1-19-9-8-17(7-6-13(15)16-18)10-11-2-4-12(14)5-3-11/h2-5,18H,6-10H2,1H3,(H2,15,16). The van der Waals surface area contributed by atoms with Gasteiger partial charge in [0.25, 0.3) is 0 Å². The molecule has 0 bridgehead atoms. The van der Waals surface area contributed by atoms with Crippen LogP contribution in [0.25, 0.3) is 0 Å². The molecule has 19 heavy (non-hydrogen) atoms. The number of oxime groups is 1. The SMILES string of the molecule is COCCN(CCC(N)=NO)Cc1ccc(I)cc1. The van der Waals surface area contributed by atoms with Crippen molar-refractivity contribution in [2.75, 3.05) is 26.8 Å². The lowest BCUT2D eigenvalue weighted by Crippen LogP contribution is -2.30. The third-order valence-corrected chi connectivity index (χ3v) is 3.46. The average molecular weight is 377 g/mol. The molecule has 0 fully saturated rings. The molecule has 1 aromatic carbocycles. The molecule has 106 valence electrons. The zero-order valence-electron chi connectivity index (χ0n) is 11.1. The smallest absolute Gasteiger partial charge is 0.140 e. The zero-order chi connectivity index (χ0) is 14.1. The van der Waals surface area contributed by atoms with Gasteiger partial charge in [-0.1, -0.05) is 17.3 Å². The monoisotopic (exact) mass is 377 g/mol. The first-order chi connectivity index (χ1) is 9.15. The Morgan fingerprint density at radius 1 is 1.37 bits per heavy atom. The lowest BCUT2D eigenvalue weighted by Gasteiger charge is -2.21. The van der Waals surface area contributed by atoms with Gasteiger partial charge in [0.15, 0.2) is 0 Å². The minimum absolute atomic E-state index is 0.255. The van der Waals surface area contributed by atoms with E-state index in [0.29, 0.717) is 13.0 Å². The number of amidine groups is 1. The Balaban J connectivity index is 2.55. The quantitative estimate of drug-likeness (QED) is 0.239. The van der Waals surface area contributed by atoms with Crippen molar-refractivity contribution >= 4 is 28.4 Å². The fraction of sp³-hybridized carbons (Fsp3) is 0.462. The summed E-state index contributed by atoms with van der Waals surface area (Å²) in [6.07, 6.45) is 0.546. The van der Waals surface area contributed by atoms with E-state index in [-0.39, 0.29) is 5.84 Å². The van der Waals surface area contributed by atoms with E-state index in [0.717, 1.165) is 19.6 Å². The lowest BCUT2D eigenvalue weighted by atomic mass is 10.2. The van der Waals surface area contributed by atoms with Gasteiger partial charge in [0.05, 0.1) is 6.61 Å². The molecule has 0 aliphatic heterocycles. The molecule has 0 amide bonds. The fourth-order valence-corrected chi connectivity index (χ4v) is 2.02. The van der Waals surface area contributed by atoms with Crippen molar-refractivity contribution in [3.05, 3.63) is 33.4 Å². The maximum absolute atomic E-state index is 8.56. The van der Waals surface area contributed by atoms with E-state index in [4.69, 9.17) is 15.7 Å². The summed E-state index contributed by atoms with van der Waals surface area (Å²) < 4.78 is 6.33. The molecule has 0 spiro atoms. The summed E-state index contributed by atoms with van der Waals surface area (Å²) in [6, 6.07) is 8.41. The normalized spacial score (nSPS) is 12.1. The second-order valence-corrected chi connectivity index (χ2v) is 5.48. The molecule has 0 heterocycles. The number of halogens is 1. The number of hydrogen-bond acceptors (Lipinski definition) is 4. The van der Waals surface area contributed by atoms with Crippen LogP contribution >= 0.6 is 22.6 Å². The Bertz CT molecular complexity index is 395. The van der Waals surface area contributed by atoms with Gasteiger partial charge in [0.1, 0.15) is 5.84 Å². The zero-order valence-corrected chi connectivity index (χ0v) is 13.2. The van der Waals surface area contributed by atoms with Crippen LogP contribution in [0.5, 0.6) is 0 Å². The predicted octanol–water partition coefficient (Wildman–Crippen LogP) is 1.88. The lowest BCUT2D eigenvalue weighted by molar-refractivity contribution is 0.145. The van der Waals surface area contributed by atoms with Crippen molar-refractivity contribution in [3.63, 3.8) is 0 Å². The molecule has 0 saturated carbocycles. The summed E-state index contributed by atoms with van der Waals surface area (Å²) in [7, 11) is 1.69. The van der Waals surface area contributed by atoms with Crippen LogP contribution in [-0.2, 0) is 11.3 Å². The molecule has 1 aromatic rings. The Morgan fingerprint density at radius 3 is 2.63 bits per heavy atom. The van der Waals surface area contributed by atoms with Crippen molar-refractivity contribution in [3.8, 4) is 0 Å². The van der Waals surface area contributed by atoms with E-state index >= 15 is 0 Å². The van der Waals surface area contributed by atoms with Crippen molar-refractivity contribution in [1.29, 1.82) is 0 Å². The first kappa shape index (κ1) is 16.2. The number of nitrogens with zero attached hydrogens (tertiary/aromatic N) is 2. The highest BCUT2D eigenvalue weighted by atomic mass is 127. The van der Waals surface area contributed by atoms with Gasteiger partial charge in [-0.2, -0.15) is 0 Å². The summed E-state index contributed by atoms with van der Waals surface area (Å²) >= 11 is 2.29. The molecular formula is C13H20IN3O2. The molecule has 0 aliphatic rings. The van der Waals surface area contributed by atoms with Crippen LogP contribution in [-0.4, -0.2) is 42.7 Å². The summed E-state index contributed by atoms with van der Waals surface area (Å²) in [5.41, 5.74) is 6.75. The minimum atomic E-state index is 0.255. The molecule has 5 nitrogen and oxygen atoms in total. The summed E-state index contributed by atoms with van der Waals surface area (Å²) in [6.45, 7) is 3.06. The van der Waals surface area contributed by atoms with Crippen molar-refractivity contribution in [2.24, 2.45) is 10.9 Å². The van der Waals surface area contributed by atoms with E-state index in [1.807, 2.05) is 0 Å². The van der Waals surface area contributed by atoms with E-state index in [2.05, 4.69) is 56.9 Å². The highest BCUT2D eigenvalue weighted by molar-refractivity contribution is 14.1. The number of benzene rings is 1. The van der Waals surface area contributed by atoms with Crippen LogP contribution in [0.4, 0.5) is 0 Å². The average Bonchev–Trinajstić information content (AvgIpc) is 2.43. The second kappa shape index (κ2) is 9.11. The molecule has 0 aromatic heterocycles. The third-order valence-electron chi connectivity index (χ3n) is 2.74. The molecule has 0 saturated heterocycles. The van der Waals surface area contributed by atoms with Crippen molar-refractivity contribution in [2.45, 2.75) is 13.0 Å². The van der Waals surface area contributed by atoms with Gasteiger partial charge in [-0.25, -0.2) is 0 Å². The Kier molecular flexibility index (Phi) is 7.76. The van der Waals surface area contributed by atoms with Gasteiger partial charge in [0, 0.05) is 36.7 Å². The van der Waals surface area contributed by atoms with Crippen molar-refractivity contribution in [1.82, 2.24) is 4.90 Å². The summed E-state index contributed by atoms with van der Waals surface area (Å²) in [5, 5.41) is 11.6. The number of nitrogens with two attached hydrogens (primary N) is 1. The molecule has 6 heteroatoms.